The molecule has 0 radical (unpaired) electrons. The Kier molecular flexibility index (Phi) is 5.76. The van der Waals surface area contributed by atoms with E-state index in [0.29, 0.717) is 5.75 Å². The van der Waals surface area contributed by atoms with Crippen LogP contribution in [0.1, 0.15) is 57.5 Å². The third-order valence-corrected chi connectivity index (χ3v) is 2.46. The molecule has 0 aromatic heterocycles. The first-order valence-corrected chi connectivity index (χ1v) is 6.08. The minimum Gasteiger partial charge on any atom is -0.487 e. The number of benzene rings is 1. The van der Waals surface area contributed by atoms with Gasteiger partial charge in [0, 0.05) is 5.56 Å². The van der Waals surface area contributed by atoms with E-state index in [2.05, 4.69) is 0 Å². The second kappa shape index (κ2) is 6.04. The van der Waals surface area contributed by atoms with E-state index in [1.807, 2.05) is 47.6 Å². The minimum atomic E-state index is -0.958. The normalized spacial score (nSPS) is 11.7. The van der Waals surface area contributed by atoms with E-state index in [4.69, 9.17) is 4.74 Å². The summed E-state index contributed by atoms with van der Waals surface area (Å²) in [6.45, 7) is 11.9. The van der Waals surface area contributed by atoms with E-state index in [1.54, 1.807) is 12.1 Å². The van der Waals surface area contributed by atoms with Crippen molar-refractivity contribution in [1.29, 1.82) is 0 Å². The van der Waals surface area contributed by atoms with Crippen molar-refractivity contribution >= 4 is 5.97 Å². The summed E-state index contributed by atoms with van der Waals surface area (Å²) in [6, 6.07) is 5.27. The van der Waals surface area contributed by atoms with Gasteiger partial charge in [-0.2, -0.15) is 0 Å². The van der Waals surface area contributed by atoms with Crippen LogP contribution in [0, 0.1) is 0 Å². The zero-order chi connectivity index (χ0) is 14.1. The van der Waals surface area contributed by atoms with Gasteiger partial charge in [-0.3, -0.25) is 0 Å². The van der Waals surface area contributed by atoms with Crippen LogP contribution in [0.4, 0.5) is 0 Å². The molecular formula is C15H22O3Zn+2. The van der Waals surface area contributed by atoms with Crippen LogP contribution in [0.5, 0.6) is 5.75 Å². The van der Waals surface area contributed by atoms with Crippen LogP contribution >= 0.6 is 0 Å². The zero-order valence-corrected chi connectivity index (χ0v) is 15.7. The Hall–Kier alpha value is -0.887. The second-order valence-corrected chi connectivity index (χ2v) is 6.45. The standard InChI is InChI=1S/C15H22O3.Zn/c1-14(2,3)11-9-7-8-10(13(16)17)12(11)18-15(4,5)6;/h7-9H,1-6H3,(H,16,17);/q;+2. The third kappa shape index (κ3) is 4.95. The van der Waals surface area contributed by atoms with Gasteiger partial charge in [0.15, 0.2) is 0 Å². The second-order valence-electron chi connectivity index (χ2n) is 6.45. The van der Waals surface area contributed by atoms with Gasteiger partial charge in [0.25, 0.3) is 0 Å². The average Bonchev–Trinajstić information content (AvgIpc) is 2.13. The Morgan fingerprint density at radius 1 is 1.11 bits per heavy atom. The van der Waals surface area contributed by atoms with Crippen molar-refractivity contribution in [2.75, 3.05) is 0 Å². The molecular weight excluding hydrogens is 294 g/mol. The molecule has 0 saturated carbocycles. The first kappa shape index (κ1) is 18.1. The van der Waals surface area contributed by atoms with Gasteiger partial charge in [0.1, 0.15) is 16.9 Å². The predicted octanol–water partition coefficient (Wildman–Crippen LogP) is 3.86. The molecule has 1 rings (SSSR count). The molecule has 0 aliphatic carbocycles. The van der Waals surface area contributed by atoms with Crippen molar-refractivity contribution in [3.63, 3.8) is 0 Å². The number of carbonyl (C=O) groups is 1. The van der Waals surface area contributed by atoms with Crippen molar-refractivity contribution < 1.29 is 34.1 Å². The average molecular weight is 316 g/mol. The Morgan fingerprint density at radius 2 is 1.63 bits per heavy atom. The topological polar surface area (TPSA) is 46.5 Å². The van der Waals surface area contributed by atoms with E-state index in [9.17, 15) is 9.90 Å². The Bertz CT molecular complexity index is 453. The number of carboxylic acid groups (broad SMARTS) is 1. The van der Waals surface area contributed by atoms with Gasteiger partial charge in [0.2, 0.25) is 0 Å². The number of carboxylic acids is 1. The molecule has 3 nitrogen and oxygen atoms in total. The number of hydrogen-bond acceptors (Lipinski definition) is 2. The molecule has 19 heavy (non-hydrogen) atoms. The third-order valence-electron chi connectivity index (χ3n) is 2.46. The maximum absolute atomic E-state index is 11.3. The molecule has 0 fully saturated rings. The number of aromatic carboxylic acids is 1. The van der Waals surface area contributed by atoms with Gasteiger partial charge in [-0.05, 0) is 32.3 Å². The predicted molar refractivity (Wildman–Crippen MR) is 72.5 cm³/mol. The van der Waals surface area contributed by atoms with Gasteiger partial charge in [-0.25, -0.2) is 4.79 Å². The van der Waals surface area contributed by atoms with Crippen LogP contribution in [-0.4, -0.2) is 16.7 Å². The van der Waals surface area contributed by atoms with Crippen LogP contribution < -0.4 is 4.74 Å². The van der Waals surface area contributed by atoms with E-state index in [-0.39, 0.29) is 30.5 Å². The number of hydrogen-bond donors (Lipinski definition) is 1. The molecule has 0 aliphatic heterocycles. The molecule has 0 bridgehead atoms. The summed E-state index contributed by atoms with van der Waals surface area (Å²) in [5, 5.41) is 9.27. The van der Waals surface area contributed by atoms with Crippen molar-refractivity contribution in [3.8, 4) is 5.75 Å². The quantitative estimate of drug-likeness (QED) is 0.843. The summed E-state index contributed by atoms with van der Waals surface area (Å²) in [7, 11) is 0. The van der Waals surface area contributed by atoms with E-state index >= 15 is 0 Å². The summed E-state index contributed by atoms with van der Waals surface area (Å²) in [4.78, 5) is 11.3. The molecule has 0 saturated heterocycles. The van der Waals surface area contributed by atoms with Crippen LogP contribution in [0.25, 0.3) is 0 Å². The molecule has 0 atom stereocenters. The zero-order valence-electron chi connectivity index (χ0n) is 12.7. The molecule has 0 aliphatic rings. The van der Waals surface area contributed by atoms with Gasteiger partial charge in [-0.15, -0.1) is 0 Å². The SMILES string of the molecule is CC(C)(C)Oc1c(C(=O)O)cccc1C(C)(C)C.[Zn+2]. The summed E-state index contributed by atoms with van der Waals surface area (Å²) in [5.41, 5.74) is 0.548. The first-order chi connectivity index (χ1) is 8.02. The summed E-state index contributed by atoms with van der Waals surface area (Å²) in [5.74, 6) is -0.481. The molecule has 1 aromatic carbocycles. The monoisotopic (exact) mass is 314 g/mol. The van der Waals surface area contributed by atoms with Crippen LogP contribution in [0.15, 0.2) is 18.2 Å². The fourth-order valence-electron chi connectivity index (χ4n) is 1.71. The van der Waals surface area contributed by atoms with Crippen molar-refractivity contribution in [1.82, 2.24) is 0 Å². The molecule has 1 N–H and O–H groups in total. The van der Waals surface area contributed by atoms with Crippen LogP contribution in [0.2, 0.25) is 0 Å². The maximum Gasteiger partial charge on any atom is 2.00 e. The minimum absolute atomic E-state index is 0. The molecule has 0 amide bonds. The van der Waals surface area contributed by atoms with Gasteiger partial charge in [0.05, 0.1) is 0 Å². The number of rotatable bonds is 2. The Labute approximate surface area is 128 Å². The summed E-state index contributed by atoms with van der Waals surface area (Å²) < 4.78 is 5.87. The van der Waals surface area contributed by atoms with Crippen LogP contribution in [-0.2, 0) is 24.9 Å². The van der Waals surface area contributed by atoms with E-state index in [0.717, 1.165) is 5.56 Å². The fraction of sp³-hybridized carbons (Fsp3) is 0.533. The number of para-hydroxylation sites is 1. The summed E-state index contributed by atoms with van der Waals surface area (Å²) >= 11 is 0. The van der Waals surface area contributed by atoms with Crippen molar-refractivity contribution in [2.45, 2.75) is 52.6 Å². The molecule has 100 valence electrons. The molecule has 1 aromatic rings. The number of ether oxygens (including phenoxy) is 1. The molecule has 0 unspecified atom stereocenters. The Morgan fingerprint density at radius 3 is 2.00 bits per heavy atom. The van der Waals surface area contributed by atoms with E-state index < -0.39 is 11.6 Å². The van der Waals surface area contributed by atoms with Gasteiger partial charge >= 0.3 is 25.4 Å². The van der Waals surface area contributed by atoms with Gasteiger partial charge in [-0.1, -0.05) is 32.9 Å². The van der Waals surface area contributed by atoms with Crippen molar-refractivity contribution in [2.24, 2.45) is 0 Å². The first-order valence-electron chi connectivity index (χ1n) is 6.08. The fourth-order valence-corrected chi connectivity index (χ4v) is 1.71. The van der Waals surface area contributed by atoms with E-state index in [1.165, 1.54) is 0 Å². The maximum atomic E-state index is 11.3. The molecule has 0 spiro atoms. The molecule has 0 heterocycles. The van der Waals surface area contributed by atoms with Crippen LogP contribution in [0.3, 0.4) is 0 Å². The smallest absolute Gasteiger partial charge is 0.487 e. The molecule has 4 heteroatoms. The Balaban J connectivity index is 0.00000324. The summed E-state index contributed by atoms with van der Waals surface area (Å²) in [6.07, 6.45) is 0. The van der Waals surface area contributed by atoms with Gasteiger partial charge < -0.3 is 9.84 Å². The van der Waals surface area contributed by atoms with Crippen molar-refractivity contribution in [3.05, 3.63) is 29.3 Å². The largest absolute Gasteiger partial charge is 2.00 e.